The summed E-state index contributed by atoms with van der Waals surface area (Å²) in [4.78, 5) is 0. The van der Waals surface area contributed by atoms with Crippen molar-refractivity contribution in [2.45, 2.75) is 41.5 Å². The third kappa shape index (κ3) is 4.05. The molecule has 8 rings (SSSR count). The van der Waals surface area contributed by atoms with Gasteiger partial charge in [-0.25, -0.2) is 0 Å². The first-order valence-corrected chi connectivity index (χ1v) is 15.7. The van der Waals surface area contributed by atoms with Gasteiger partial charge in [-0.3, -0.25) is 0 Å². The van der Waals surface area contributed by atoms with Crippen molar-refractivity contribution in [2.24, 2.45) is 0 Å². The monoisotopic (exact) mass is 564 g/mol. The second-order valence-electron chi connectivity index (χ2n) is 13.0. The van der Waals surface area contributed by atoms with E-state index in [9.17, 15) is 0 Å². The van der Waals surface area contributed by atoms with Crippen molar-refractivity contribution in [2.75, 3.05) is 0 Å². The Morgan fingerprint density at radius 2 is 0.545 bits per heavy atom. The van der Waals surface area contributed by atoms with Crippen LogP contribution in [0, 0.1) is 41.5 Å². The quantitative estimate of drug-likeness (QED) is 0.183. The zero-order valence-electron chi connectivity index (χ0n) is 26.4. The number of hydrogen-bond acceptors (Lipinski definition) is 0. The lowest BCUT2D eigenvalue weighted by Crippen LogP contribution is -1.98. The molecule has 0 heterocycles. The first kappa shape index (κ1) is 26.7. The molecule has 0 spiro atoms. The molecular weight excluding hydrogens is 528 g/mol. The first-order chi connectivity index (χ1) is 21.3. The molecule has 0 saturated carbocycles. The maximum Gasteiger partial charge on any atom is -0.00206 e. The van der Waals surface area contributed by atoms with Gasteiger partial charge in [-0.05, 0) is 176 Å². The van der Waals surface area contributed by atoms with Crippen molar-refractivity contribution in [1.29, 1.82) is 0 Å². The molecule has 0 aliphatic heterocycles. The highest BCUT2D eigenvalue weighted by Crippen LogP contribution is 2.49. The summed E-state index contributed by atoms with van der Waals surface area (Å²) in [6.45, 7) is 13.5. The average Bonchev–Trinajstić information content (AvgIpc) is 2.98. The molecule has 212 valence electrons. The fraction of sp³-hybridized carbons (Fsp3) is 0.136. The van der Waals surface area contributed by atoms with E-state index < -0.39 is 0 Å². The molecule has 0 N–H and O–H groups in total. The highest BCUT2D eigenvalue weighted by molar-refractivity contribution is 6.26. The van der Waals surface area contributed by atoms with Crippen LogP contribution in [0.3, 0.4) is 0 Å². The SMILES string of the molecule is Cc1cc(C)c(-c2c3cc4ccccc4cc3c(-c3c(C)cc(C)cc3C)c3cc4cc5ccccc5cc4cc23)c(C)c1. The smallest absolute Gasteiger partial charge is 0.00206 e. The summed E-state index contributed by atoms with van der Waals surface area (Å²) in [6.07, 6.45) is 0. The van der Waals surface area contributed by atoms with E-state index in [1.807, 2.05) is 0 Å². The Morgan fingerprint density at radius 1 is 0.273 bits per heavy atom. The molecule has 0 radical (unpaired) electrons. The Kier molecular flexibility index (Phi) is 5.94. The normalized spacial score (nSPS) is 11.9. The van der Waals surface area contributed by atoms with Crippen molar-refractivity contribution in [3.8, 4) is 22.3 Å². The molecule has 0 aliphatic rings. The van der Waals surface area contributed by atoms with Gasteiger partial charge in [-0.1, -0.05) is 83.9 Å². The fourth-order valence-electron chi connectivity index (χ4n) is 8.04. The van der Waals surface area contributed by atoms with Crippen LogP contribution in [-0.4, -0.2) is 0 Å². The maximum absolute atomic E-state index is 2.47. The summed E-state index contributed by atoms with van der Waals surface area (Å²) < 4.78 is 0. The van der Waals surface area contributed by atoms with Crippen LogP contribution in [-0.2, 0) is 0 Å². The highest BCUT2D eigenvalue weighted by atomic mass is 14.3. The van der Waals surface area contributed by atoms with Crippen LogP contribution >= 0.6 is 0 Å². The molecule has 8 aromatic carbocycles. The summed E-state index contributed by atoms with van der Waals surface area (Å²) in [5, 5.41) is 12.9. The van der Waals surface area contributed by atoms with Gasteiger partial charge in [0.15, 0.2) is 0 Å². The van der Waals surface area contributed by atoms with E-state index in [0.717, 1.165) is 0 Å². The summed E-state index contributed by atoms with van der Waals surface area (Å²) >= 11 is 0. The zero-order chi connectivity index (χ0) is 30.3. The van der Waals surface area contributed by atoms with Crippen LogP contribution in [0.4, 0.5) is 0 Å². The third-order valence-corrected chi connectivity index (χ3v) is 9.66. The molecule has 0 aliphatic carbocycles. The fourth-order valence-corrected chi connectivity index (χ4v) is 8.04. The minimum Gasteiger partial charge on any atom is -0.0616 e. The Labute approximate surface area is 259 Å². The van der Waals surface area contributed by atoms with Gasteiger partial charge in [-0.15, -0.1) is 0 Å². The van der Waals surface area contributed by atoms with E-state index in [0.29, 0.717) is 0 Å². The van der Waals surface area contributed by atoms with Gasteiger partial charge in [0.1, 0.15) is 0 Å². The van der Waals surface area contributed by atoms with Crippen molar-refractivity contribution in [1.82, 2.24) is 0 Å². The van der Waals surface area contributed by atoms with Crippen LogP contribution in [0.2, 0.25) is 0 Å². The van der Waals surface area contributed by atoms with Gasteiger partial charge in [-0.2, -0.15) is 0 Å². The molecule has 0 nitrogen and oxygen atoms in total. The predicted molar refractivity (Wildman–Crippen MR) is 193 cm³/mol. The Bertz CT molecular complexity index is 2270. The summed E-state index contributed by atoms with van der Waals surface area (Å²) in [5.41, 5.74) is 13.3. The van der Waals surface area contributed by atoms with E-state index in [1.54, 1.807) is 0 Å². The van der Waals surface area contributed by atoms with Crippen LogP contribution in [0.25, 0.3) is 76.1 Å². The largest absolute Gasteiger partial charge is 0.0616 e. The topological polar surface area (TPSA) is 0 Å². The van der Waals surface area contributed by atoms with Crippen molar-refractivity contribution in [3.05, 3.63) is 143 Å². The van der Waals surface area contributed by atoms with Crippen molar-refractivity contribution >= 4 is 53.9 Å². The Balaban J connectivity index is 1.69. The molecule has 0 amide bonds. The first-order valence-electron chi connectivity index (χ1n) is 15.7. The van der Waals surface area contributed by atoms with Crippen LogP contribution in [0.15, 0.2) is 109 Å². The van der Waals surface area contributed by atoms with Crippen LogP contribution in [0.5, 0.6) is 0 Å². The van der Waals surface area contributed by atoms with Crippen LogP contribution < -0.4 is 0 Å². The zero-order valence-corrected chi connectivity index (χ0v) is 26.4. The number of aryl methyl sites for hydroxylation is 6. The van der Waals surface area contributed by atoms with E-state index in [2.05, 4.69) is 151 Å². The minimum atomic E-state index is 1.28. The van der Waals surface area contributed by atoms with Crippen LogP contribution in [0.1, 0.15) is 33.4 Å². The second kappa shape index (κ2) is 9.79. The number of hydrogen-bond donors (Lipinski definition) is 0. The molecule has 0 heteroatoms. The average molecular weight is 565 g/mol. The minimum absolute atomic E-state index is 1.28. The van der Waals surface area contributed by atoms with Crippen molar-refractivity contribution in [3.63, 3.8) is 0 Å². The Hall–Kier alpha value is -4.94. The second-order valence-corrected chi connectivity index (χ2v) is 13.0. The molecule has 44 heavy (non-hydrogen) atoms. The van der Waals surface area contributed by atoms with Gasteiger partial charge >= 0.3 is 0 Å². The summed E-state index contributed by atoms with van der Waals surface area (Å²) in [6, 6.07) is 41.5. The molecular formula is C44H36. The molecule has 0 aromatic heterocycles. The van der Waals surface area contributed by atoms with Gasteiger partial charge in [0, 0.05) is 0 Å². The highest BCUT2D eigenvalue weighted by Gasteiger charge is 2.22. The van der Waals surface area contributed by atoms with E-state index in [-0.39, 0.29) is 0 Å². The summed E-state index contributed by atoms with van der Waals surface area (Å²) in [7, 11) is 0. The van der Waals surface area contributed by atoms with Gasteiger partial charge < -0.3 is 0 Å². The van der Waals surface area contributed by atoms with E-state index in [1.165, 1.54) is 109 Å². The van der Waals surface area contributed by atoms with Gasteiger partial charge in [0.2, 0.25) is 0 Å². The molecule has 0 fully saturated rings. The van der Waals surface area contributed by atoms with Gasteiger partial charge in [0.05, 0.1) is 0 Å². The molecule has 0 saturated heterocycles. The van der Waals surface area contributed by atoms with E-state index in [4.69, 9.17) is 0 Å². The molecule has 8 aromatic rings. The lowest BCUT2D eigenvalue weighted by molar-refractivity contribution is 1.32. The molecule has 0 atom stereocenters. The maximum atomic E-state index is 2.47. The van der Waals surface area contributed by atoms with Crippen molar-refractivity contribution < 1.29 is 0 Å². The number of rotatable bonds is 2. The van der Waals surface area contributed by atoms with Gasteiger partial charge in [0.25, 0.3) is 0 Å². The lowest BCUT2D eigenvalue weighted by Gasteiger charge is -2.23. The lowest BCUT2D eigenvalue weighted by atomic mass is 9.80. The number of benzene rings is 8. The van der Waals surface area contributed by atoms with E-state index >= 15 is 0 Å². The standard InChI is InChI=1S/C44H36/c1-25-15-27(3)41(28(4)16-25)43-37-21-33-13-9-10-14-34(33)22-38(37)44(42-29(5)17-26(2)18-30(42)6)40-24-36-20-32-12-8-7-11-31(32)19-35(36)23-39(40)43/h7-24H,1-6H3. The Morgan fingerprint density at radius 3 is 0.864 bits per heavy atom. The molecule has 0 bridgehead atoms. The third-order valence-electron chi connectivity index (χ3n) is 9.66. The molecule has 0 unspecified atom stereocenters. The number of fused-ring (bicyclic) bond motifs is 5. The summed E-state index contributed by atoms with van der Waals surface area (Å²) in [5.74, 6) is 0. The predicted octanol–water partition coefficient (Wildman–Crippen LogP) is 12.6.